The number of carbonyl (C=O) groups is 2. The van der Waals surface area contributed by atoms with Gasteiger partial charge in [0.15, 0.2) is 0 Å². The number of esters is 2. The van der Waals surface area contributed by atoms with Gasteiger partial charge in [0.2, 0.25) is 11.7 Å². The largest absolute Gasteiger partial charge is 0.461 e. The highest BCUT2D eigenvalue weighted by atomic mass is 16.6. The zero-order valence-corrected chi connectivity index (χ0v) is 20.8. The summed E-state index contributed by atoms with van der Waals surface area (Å²) in [4.78, 5) is 33.1. The second-order valence-electron chi connectivity index (χ2n) is 10.0. The first-order valence-electron chi connectivity index (χ1n) is 12.4. The Labute approximate surface area is 201 Å². The summed E-state index contributed by atoms with van der Waals surface area (Å²) in [5.41, 5.74) is 0.303. The highest BCUT2D eigenvalue weighted by Crippen LogP contribution is 2.32. The van der Waals surface area contributed by atoms with Crippen LogP contribution in [0.1, 0.15) is 108 Å². The smallest absolute Gasteiger partial charge is 0.356 e. The van der Waals surface area contributed by atoms with Crippen molar-refractivity contribution in [2.75, 3.05) is 6.61 Å². The molecule has 2 aromatic rings. The Bertz CT molecular complexity index is 927. The molecule has 0 unspecified atom stereocenters. The summed E-state index contributed by atoms with van der Waals surface area (Å²) in [5.74, 6) is 0.636. The fourth-order valence-corrected chi connectivity index (χ4v) is 4.40. The van der Waals surface area contributed by atoms with Crippen molar-refractivity contribution < 1.29 is 23.6 Å². The highest BCUT2D eigenvalue weighted by molar-refractivity contribution is 5.87. The SMILES string of the molecule is CCOC(=O)c1ccc(-c2noc([C@H](CCCC3CCCCC3)CC(=O)OC(C)(C)C)n2)cn1. The van der Waals surface area contributed by atoms with Crippen LogP contribution in [-0.2, 0) is 14.3 Å². The molecule has 2 heterocycles. The van der Waals surface area contributed by atoms with Gasteiger partial charge in [0, 0.05) is 17.7 Å². The van der Waals surface area contributed by atoms with E-state index in [0.29, 0.717) is 17.3 Å². The third-order valence-electron chi connectivity index (χ3n) is 6.02. The van der Waals surface area contributed by atoms with Crippen molar-refractivity contribution in [2.45, 2.75) is 97.0 Å². The monoisotopic (exact) mass is 471 g/mol. The summed E-state index contributed by atoms with van der Waals surface area (Å²) in [6.45, 7) is 7.62. The van der Waals surface area contributed by atoms with Crippen LogP contribution in [0.3, 0.4) is 0 Å². The number of carbonyl (C=O) groups excluding carboxylic acids is 2. The Morgan fingerprint density at radius 2 is 1.94 bits per heavy atom. The van der Waals surface area contributed by atoms with Crippen molar-refractivity contribution in [2.24, 2.45) is 5.92 Å². The third kappa shape index (κ3) is 7.92. The molecule has 0 bridgehead atoms. The molecule has 0 saturated heterocycles. The van der Waals surface area contributed by atoms with Crippen molar-refractivity contribution in [3.63, 3.8) is 0 Å². The molecule has 8 heteroatoms. The number of rotatable bonds is 10. The maximum absolute atomic E-state index is 12.6. The Hall–Kier alpha value is -2.77. The van der Waals surface area contributed by atoms with Crippen LogP contribution in [0.25, 0.3) is 11.4 Å². The van der Waals surface area contributed by atoms with Crippen molar-refractivity contribution in [3.8, 4) is 11.4 Å². The summed E-state index contributed by atoms with van der Waals surface area (Å²) >= 11 is 0. The van der Waals surface area contributed by atoms with E-state index in [-0.39, 0.29) is 30.6 Å². The lowest BCUT2D eigenvalue weighted by Crippen LogP contribution is -2.25. The van der Waals surface area contributed by atoms with Gasteiger partial charge in [-0.3, -0.25) is 4.79 Å². The van der Waals surface area contributed by atoms with Crippen LogP contribution in [0.15, 0.2) is 22.9 Å². The zero-order chi connectivity index (χ0) is 24.6. The second-order valence-corrected chi connectivity index (χ2v) is 10.0. The first-order valence-corrected chi connectivity index (χ1v) is 12.4. The lowest BCUT2D eigenvalue weighted by Gasteiger charge is -2.23. The van der Waals surface area contributed by atoms with E-state index in [2.05, 4.69) is 15.1 Å². The fourth-order valence-electron chi connectivity index (χ4n) is 4.40. The number of nitrogens with zero attached hydrogens (tertiary/aromatic N) is 3. The first kappa shape index (κ1) is 25.8. The summed E-state index contributed by atoms with van der Waals surface area (Å²) in [6, 6.07) is 3.28. The molecular formula is C26H37N3O5. The van der Waals surface area contributed by atoms with Crippen LogP contribution < -0.4 is 0 Å². The predicted octanol–water partition coefficient (Wildman–Crippen LogP) is 5.87. The number of hydrogen-bond acceptors (Lipinski definition) is 8. The van der Waals surface area contributed by atoms with Gasteiger partial charge >= 0.3 is 11.9 Å². The summed E-state index contributed by atoms with van der Waals surface area (Å²) in [7, 11) is 0. The molecule has 34 heavy (non-hydrogen) atoms. The number of pyridine rings is 1. The molecule has 1 aliphatic carbocycles. The molecule has 2 aromatic heterocycles. The van der Waals surface area contributed by atoms with Crippen LogP contribution in [0.2, 0.25) is 0 Å². The molecule has 0 radical (unpaired) electrons. The maximum atomic E-state index is 12.6. The van der Waals surface area contributed by atoms with Gasteiger partial charge in [0.05, 0.1) is 13.0 Å². The molecule has 0 N–H and O–H groups in total. The topological polar surface area (TPSA) is 104 Å². The molecule has 0 aliphatic heterocycles. The number of hydrogen-bond donors (Lipinski definition) is 0. The summed E-state index contributed by atoms with van der Waals surface area (Å²) in [5, 5.41) is 4.10. The molecule has 1 atom stereocenters. The Morgan fingerprint density at radius 1 is 1.18 bits per heavy atom. The first-order chi connectivity index (χ1) is 16.2. The molecule has 0 amide bonds. The van der Waals surface area contributed by atoms with E-state index in [0.717, 1.165) is 25.2 Å². The molecule has 8 nitrogen and oxygen atoms in total. The summed E-state index contributed by atoms with van der Waals surface area (Å²) < 4.78 is 16.1. The molecule has 0 aromatic carbocycles. The van der Waals surface area contributed by atoms with Crippen LogP contribution in [0.5, 0.6) is 0 Å². The second kappa shape index (κ2) is 12.1. The van der Waals surface area contributed by atoms with Gasteiger partial charge in [-0.2, -0.15) is 4.98 Å². The van der Waals surface area contributed by atoms with E-state index in [4.69, 9.17) is 14.0 Å². The molecule has 3 rings (SSSR count). The average molecular weight is 472 g/mol. The van der Waals surface area contributed by atoms with E-state index in [1.54, 1.807) is 19.1 Å². The molecule has 0 spiro atoms. The summed E-state index contributed by atoms with van der Waals surface area (Å²) in [6.07, 6.45) is 11.3. The Morgan fingerprint density at radius 3 is 2.59 bits per heavy atom. The standard InChI is InChI=1S/C26H37N3O5/c1-5-32-25(31)21-15-14-20(17-27-21)23-28-24(34-29-23)19(16-22(30)33-26(2,3)4)13-9-12-18-10-7-6-8-11-18/h14-15,17-19H,5-13,16H2,1-4H3/t19-/m1/s1. The Kier molecular flexibility index (Phi) is 9.19. The molecular weight excluding hydrogens is 434 g/mol. The fraction of sp³-hybridized carbons (Fsp3) is 0.654. The van der Waals surface area contributed by atoms with Crippen LogP contribution in [-0.4, -0.2) is 39.3 Å². The lowest BCUT2D eigenvalue weighted by atomic mass is 9.84. The number of ether oxygens (including phenoxy) is 2. The quantitative estimate of drug-likeness (QED) is 0.396. The van der Waals surface area contributed by atoms with Crippen LogP contribution >= 0.6 is 0 Å². The van der Waals surface area contributed by atoms with E-state index in [1.807, 2.05) is 20.8 Å². The van der Waals surface area contributed by atoms with Crippen molar-refractivity contribution in [1.82, 2.24) is 15.1 Å². The van der Waals surface area contributed by atoms with E-state index < -0.39 is 11.6 Å². The third-order valence-corrected chi connectivity index (χ3v) is 6.02. The minimum atomic E-state index is -0.546. The van der Waals surface area contributed by atoms with Crippen molar-refractivity contribution in [1.29, 1.82) is 0 Å². The van der Waals surface area contributed by atoms with Gasteiger partial charge in [0.1, 0.15) is 11.3 Å². The van der Waals surface area contributed by atoms with Crippen LogP contribution in [0.4, 0.5) is 0 Å². The normalized spacial score (nSPS) is 15.6. The maximum Gasteiger partial charge on any atom is 0.356 e. The van der Waals surface area contributed by atoms with Gasteiger partial charge in [0.25, 0.3) is 0 Å². The van der Waals surface area contributed by atoms with Gasteiger partial charge in [-0.1, -0.05) is 50.1 Å². The van der Waals surface area contributed by atoms with Gasteiger partial charge in [-0.25, -0.2) is 9.78 Å². The van der Waals surface area contributed by atoms with E-state index >= 15 is 0 Å². The van der Waals surface area contributed by atoms with Crippen molar-refractivity contribution >= 4 is 11.9 Å². The van der Waals surface area contributed by atoms with E-state index in [1.165, 1.54) is 38.3 Å². The molecule has 1 aliphatic rings. The van der Waals surface area contributed by atoms with Gasteiger partial charge < -0.3 is 14.0 Å². The van der Waals surface area contributed by atoms with Gasteiger partial charge in [-0.15, -0.1) is 0 Å². The van der Waals surface area contributed by atoms with E-state index in [9.17, 15) is 9.59 Å². The molecule has 1 fully saturated rings. The molecule has 186 valence electrons. The zero-order valence-electron chi connectivity index (χ0n) is 20.8. The average Bonchev–Trinajstić information content (AvgIpc) is 3.28. The minimum absolute atomic E-state index is 0.198. The van der Waals surface area contributed by atoms with Crippen LogP contribution in [0, 0.1) is 5.92 Å². The molecule has 1 saturated carbocycles. The van der Waals surface area contributed by atoms with Crippen molar-refractivity contribution in [3.05, 3.63) is 29.9 Å². The minimum Gasteiger partial charge on any atom is -0.461 e. The predicted molar refractivity (Wildman–Crippen MR) is 127 cm³/mol. The highest BCUT2D eigenvalue weighted by Gasteiger charge is 2.26. The Balaban J connectivity index is 1.69. The number of aromatic nitrogens is 3. The van der Waals surface area contributed by atoms with Gasteiger partial charge in [-0.05, 0) is 52.2 Å². The lowest BCUT2D eigenvalue weighted by molar-refractivity contribution is -0.155.